The molecule has 1 N–H and O–H groups in total. The van der Waals surface area contributed by atoms with Crippen molar-refractivity contribution in [1.29, 1.82) is 0 Å². The zero-order chi connectivity index (χ0) is 22.2. The van der Waals surface area contributed by atoms with Gasteiger partial charge in [0, 0.05) is 18.0 Å². The molecule has 166 valence electrons. The first kappa shape index (κ1) is 21.6. The molecule has 1 atom stereocenters. The predicted molar refractivity (Wildman–Crippen MR) is 121 cm³/mol. The number of amides is 2. The molecule has 1 unspecified atom stereocenters. The highest BCUT2D eigenvalue weighted by Crippen LogP contribution is 2.32. The molecule has 0 spiro atoms. The van der Waals surface area contributed by atoms with Crippen LogP contribution in [0.15, 0.2) is 36.4 Å². The Bertz CT molecular complexity index is 954. The van der Waals surface area contributed by atoms with Crippen LogP contribution in [0.2, 0.25) is 0 Å². The summed E-state index contributed by atoms with van der Waals surface area (Å²) in [5.74, 6) is -0.221. The van der Waals surface area contributed by atoms with Crippen LogP contribution in [-0.2, 0) is 23.3 Å². The van der Waals surface area contributed by atoms with Crippen LogP contribution < -0.4 is 5.32 Å². The van der Waals surface area contributed by atoms with Gasteiger partial charge in [0.25, 0.3) is 5.91 Å². The van der Waals surface area contributed by atoms with Crippen LogP contribution >= 0.6 is 0 Å². The number of nitrogens with one attached hydrogen (secondary N) is 1. The molecule has 1 aliphatic heterocycles. The van der Waals surface area contributed by atoms with Crippen LogP contribution in [0.4, 0.5) is 0 Å². The average Bonchev–Trinajstić information content (AvgIpc) is 3.17. The molecule has 0 bridgehead atoms. The number of rotatable bonds is 4. The summed E-state index contributed by atoms with van der Waals surface area (Å²) in [5.41, 5.74) is 1.27. The second-order valence-electron chi connectivity index (χ2n) is 10.3. The minimum Gasteiger partial charge on any atom is -0.351 e. The lowest BCUT2D eigenvalue weighted by Crippen LogP contribution is -2.64. The van der Waals surface area contributed by atoms with Crippen LogP contribution in [0.25, 0.3) is 0 Å². The van der Waals surface area contributed by atoms with Crippen molar-refractivity contribution in [3.8, 4) is 0 Å². The molecule has 2 heterocycles. The molecular weight excluding hydrogens is 388 g/mol. The summed E-state index contributed by atoms with van der Waals surface area (Å²) >= 11 is 0. The molecule has 6 nitrogen and oxygen atoms in total. The monoisotopic (exact) mass is 422 g/mol. The minimum atomic E-state index is -1.00. The Kier molecular flexibility index (Phi) is 5.67. The normalized spacial score (nSPS) is 22.3. The second kappa shape index (κ2) is 8.13. The standard InChI is InChI=1S/C25H34N4O2/c1-24(2,3)21-15-20-22(30)28(16-18-11-7-5-8-12-18)25(4,17-29(20)27-21)23(31)26-19-13-9-6-10-14-19/h5,7-8,11-12,15,19H,6,9-10,13-14,16-17H2,1-4H3,(H,26,31). The topological polar surface area (TPSA) is 67.2 Å². The fourth-order valence-corrected chi connectivity index (χ4v) is 4.61. The van der Waals surface area contributed by atoms with E-state index < -0.39 is 5.54 Å². The van der Waals surface area contributed by atoms with Crippen molar-refractivity contribution in [2.45, 2.75) is 89.9 Å². The first-order chi connectivity index (χ1) is 14.7. The van der Waals surface area contributed by atoms with E-state index in [2.05, 4.69) is 26.1 Å². The summed E-state index contributed by atoms with van der Waals surface area (Å²) in [5, 5.41) is 7.99. The van der Waals surface area contributed by atoms with Crippen molar-refractivity contribution in [1.82, 2.24) is 20.0 Å². The van der Waals surface area contributed by atoms with E-state index >= 15 is 0 Å². The maximum Gasteiger partial charge on any atom is 0.273 e. The smallest absolute Gasteiger partial charge is 0.273 e. The second-order valence-corrected chi connectivity index (χ2v) is 10.3. The molecule has 2 aromatic rings. The molecule has 1 aromatic carbocycles. The van der Waals surface area contributed by atoms with Crippen LogP contribution in [0.5, 0.6) is 0 Å². The zero-order valence-electron chi connectivity index (χ0n) is 19.1. The Morgan fingerprint density at radius 3 is 2.48 bits per heavy atom. The molecule has 1 aromatic heterocycles. The predicted octanol–water partition coefficient (Wildman–Crippen LogP) is 4.04. The lowest BCUT2D eigenvalue weighted by atomic mass is 9.90. The first-order valence-electron chi connectivity index (χ1n) is 11.4. The lowest BCUT2D eigenvalue weighted by molar-refractivity contribution is -0.134. The van der Waals surface area contributed by atoms with Gasteiger partial charge in [-0.1, -0.05) is 70.4 Å². The van der Waals surface area contributed by atoms with Crippen LogP contribution in [-0.4, -0.2) is 38.1 Å². The third-order valence-electron chi connectivity index (χ3n) is 6.68. The van der Waals surface area contributed by atoms with Gasteiger partial charge in [0.2, 0.25) is 5.91 Å². The van der Waals surface area contributed by atoms with E-state index in [1.54, 1.807) is 9.58 Å². The molecule has 2 amide bonds. The van der Waals surface area contributed by atoms with Crippen molar-refractivity contribution in [3.63, 3.8) is 0 Å². The molecular formula is C25H34N4O2. The molecule has 31 heavy (non-hydrogen) atoms. The summed E-state index contributed by atoms with van der Waals surface area (Å²) in [4.78, 5) is 29.0. The molecule has 0 saturated heterocycles. The highest BCUT2D eigenvalue weighted by atomic mass is 16.2. The van der Waals surface area contributed by atoms with Crippen LogP contribution in [0, 0.1) is 0 Å². The van der Waals surface area contributed by atoms with E-state index in [4.69, 9.17) is 5.10 Å². The van der Waals surface area contributed by atoms with Crippen molar-refractivity contribution in [3.05, 3.63) is 53.3 Å². The van der Waals surface area contributed by atoms with Gasteiger partial charge in [-0.15, -0.1) is 0 Å². The fourth-order valence-electron chi connectivity index (χ4n) is 4.61. The minimum absolute atomic E-state index is 0.0814. The molecule has 4 rings (SSSR count). The molecule has 6 heteroatoms. The molecule has 1 aliphatic carbocycles. The Morgan fingerprint density at radius 2 is 1.84 bits per heavy atom. The number of fused-ring (bicyclic) bond motifs is 1. The molecule has 1 saturated carbocycles. The van der Waals surface area contributed by atoms with Gasteiger partial charge in [-0.05, 0) is 31.4 Å². The van der Waals surface area contributed by atoms with E-state index in [-0.39, 0.29) is 23.3 Å². The van der Waals surface area contributed by atoms with Gasteiger partial charge in [-0.25, -0.2) is 0 Å². The van der Waals surface area contributed by atoms with E-state index in [9.17, 15) is 9.59 Å². The highest BCUT2D eigenvalue weighted by Gasteiger charge is 2.48. The quantitative estimate of drug-likeness (QED) is 0.808. The lowest BCUT2D eigenvalue weighted by Gasteiger charge is -2.44. The first-order valence-corrected chi connectivity index (χ1v) is 11.4. The fraction of sp³-hybridized carbons (Fsp3) is 0.560. The van der Waals surface area contributed by atoms with Crippen LogP contribution in [0.3, 0.4) is 0 Å². The number of nitrogens with zero attached hydrogens (tertiary/aromatic N) is 3. The number of hydrogen-bond acceptors (Lipinski definition) is 3. The van der Waals surface area contributed by atoms with Gasteiger partial charge in [-0.2, -0.15) is 5.10 Å². The Morgan fingerprint density at radius 1 is 1.16 bits per heavy atom. The largest absolute Gasteiger partial charge is 0.351 e. The van der Waals surface area contributed by atoms with Crippen LogP contribution in [0.1, 0.15) is 81.5 Å². The van der Waals surface area contributed by atoms with Crippen molar-refractivity contribution in [2.24, 2.45) is 0 Å². The maximum absolute atomic E-state index is 13.7. The summed E-state index contributed by atoms with van der Waals surface area (Å²) in [6, 6.07) is 12.0. The number of benzene rings is 1. The van der Waals surface area contributed by atoms with Gasteiger partial charge >= 0.3 is 0 Å². The van der Waals surface area contributed by atoms with Crippen molar-refractivity contribution in [2.75, 3.05) is 0 Å². The third-order valence-corrected chi connectivity index (χ3v) is 6.68. The Labute approximate surface area is 185 Å². The number of carbonyl (C=O) groups is 2. The van der Waals surface area contributed by atoms with E-state index in [0.29, 0.717) is 18.8 Å². The number of hydrogen-bond donors (Lipinski definition) is 1. The summed E-state index contributed by atoms with van der Waals surface area (Å²) in [6.45, 7) is 8.89. The highest BCUT2D eigenvalue weighted by molar-refractivity contribution is 5.99. The van der Waals surface area contributed by atoms with Gasteiger partial charge in [0.1, 0.15) is 11.2 Å². The zero-order valence-corrected chi connectivity index (χ0v) is 19.1. The maximum atomic E-state index is 13.7. The molecule has 1 fully saturated rings. The van der Waals surface area contributed by atoms with E-state index in [1.807, 2.05) is 43.3 Å². The average molecular weight is 423 g/mol. The van der Waals surface area contributed by atoms with Gasteiger partial charge in [-0.3, -0.25) is 14.3 Å². The third kappa shape index (κ3) is 4.25. The van der Waals surface area contributed by atoms with E-state index in [0.717, 1.165) is 36.9 Å². The molecule has 2 aliphatic rings. The molecule has 0 radical (unpaired) electrons. The summed E-state index contributed by atoms with van der Waals surface area (Å²) in [7, 11) is 0. The van der Waals surface area contributed by atoms with Gasteiger partial charge in [0.15, 0.2) is 0 Å². The van der Waals surface area contributed by atoms with Gasteiger partial charge in [0.05, 0.1) is 12.2 Å². The van der Waals surface area contributed by atoms with E-state index in [1.165, 1.54) is 6.42 Å². The summed E-state index contributed by atoms with van der Waals surface area (Å²) in [6.07, 6.45) is 5.54. The van der Waals surface area contributed by atoms with Crippen molar-refractivity contribution >= 4 is 11.8 Å². The van der Waals surface area contributed by atoms with Gasteiger partial charge < -0.3 is 10.2 Å². The SMILES string of the molecule is CC(C)(C)c1cc2n(n1)CC(C)(C(=O)NC1CCCCC1)N(Cc1ccccc1)C2=O. The number of aromatic nitrogens is 2. The Balaban J connectivity index is 1.69. The Hall–Kier alpha value is -2.63. The number of carbonyl (C=O) groups excluding carboxylic acids is 2. The van der Waals surface area contributed by atoms with Crippen molar-refractivity contribution < 1.29 is 9.59 Å². The summed E-state index contributed by atoms with van der Waals surface area (Å²) < 4.78 is 1.74.